The molecule has 3 rings (SSSR count). The Morgan fingerprint density at radius 2 is 2.19 bits per heavy atom. The van der Waals surface area contributed by atoms with E-state index in [1.54, 1.807) is 25.3 Å². The monoisotopic (exact) mass is 358 g/mol. The van der Waals surface area contributed by atoms with Crippen LogP contribution in [0.1, 0.15) is 33.0 Å². The van der Waals surface area contributed by atoms with Crippen molar-refractivity contribution in [2.45, 2.75) is 39.7 Å². The Morgan fingerprint density at radius 1 is 1.38 bits per heavy atom. The lowest BCUT2D eigenvalue weighted by atomic mass is 10.1. The highest BCUT2D eigenvalue weighted by Gasteiger charge is 2.30. The summed E-state index contributed by atoms with van der Waals surface area (Å²) in [5.74, 6) is 1.41. The summed E-state index contributed by atoms with van der Waals surface area (Å²) >= 11 is 0. The number of rotatable bonds is 4. The number of hydrogen-bond acceptors (Lipinski definition) is 6. The van der Waals surface area contributed by atoms with Crippen molar-refractivity contribution in [3.05, 3.63) is 24.2 Å². The summed E-state index contributed by atoms with van der Waals surface area (Å²) in [6.07, 6.45) is 2.68. The Hall–Kier alpha value is -2.48. The number of hydrogen-bond donors (Lipinski definition) is 2. The topological polar surface area (TPSA) is 96.2 Å². The Balaban J connectivity index is 1.46. The maximum atomic E-state index is 12.1. The second-order valence-electron chi connectivity index (χ2n) is 7.69. The van der Waals surface area contributed by atoms with Gasteiger partial charge in [0.1, 0.15) is 5.69 Å². The van der Waals surface area contributed by atoms with Crippen molar-refractivity contribution in [2.24, 2.45) is 5.92 Å². The van der Waals surface area contributed by atoms with Crippen molar-refractivity contribution in [3.63, 3.8) is 0 Å². The molecule has 8 heteroatoms. The quantitative estimate of drug-likeness (QED) is 0.872. The summed E-state index contributed by atoms with van der Waals surface area (Å²) in [4.78, 5) is 22.9. The Kier molecular flexibility index (Phi) is 5.22. The first-order valence-electron chi connectivity index (χ1n) is 8.88. The maximum absolute atomic E-state index is 12.1. The molecule has 1 atom stereocenters. The number of aromatic nitrogens is 3. The van der Waals surface area contributed by atoms with Gasteiger partial charge < -0.3 is 15.2 Å². The number of carbonyl (C=O) groups is 1. The standard InChI is InChI=1S/C18H26N6O2/c1-12-21-16(26-23-12)15-6-5-14(10-19-15)22-17(25)20-9-13-7-8-24(11-13)18(2,3)4/h5-6,10,13H,7-9,11H2,1-4H3,(H2,20,22,25). The van der Waals surface area contributed by atoms with Crippen molar-refractivity contribution >= 4 is 11.7 Å². The molecule has 0 bridgehead atoms. The smallest absolute Gasteiger partial charge is 0.319 e. The predicted octanol–water partition coefficient (Wildman–Crippen LogP) is 2.68. The largest absolute Gasteiger partial charge is 0.338 e. The van der Waals surface area contributed by atoms with E-state index in [9.17, 15) is 4.79 Å². The number of nitrogens with one attached hydrogen (secondary N) is 2. The molecule has 2 aromatic rings. The molecule has 0 spiro atoms. The first-order chi connectivity index (χ1) is 12.3. The zero-order chi connectivity index (χ0) is 18.7. The Bertz CT molecular complexity index is 750. The van der Waals surface area contributed by atoms with Crippen molar-refractivity contribution < 1.29 is 9.32 Å². The van der Waals surface area contributed by atoms with Crippen LogP contribution in [-0.4, -0.2) is 51.2 Å². The van der Waals surface area contributed by atoms with Crippen LogP contribution in [0.5, 0.6) is 0 Å². The summed E-state index contributed by atoms with van der Waals surface area (Å²) in [5, 5.41) is 9.48. The Morgan fingerprint density at radius 3 is 2.77 bits per heavy atom. The zero-order valence-corrected chi connectivity index (χ0v) is 15.7. The van der Waals surface area contributed by atoms with E-state index < -0.39 is 0 Å². The molecule has 0 saturated carbocycles. The van der Waals surface area contributed by atoms with Crippen LogP contribution in [0.4, 0.5) is 10.5 Å². The number of urea groups is 1. The molecule has 3 heterocycles. The lowest BCUT2D eigenvalue weighted by molar-refractivity contribution is 0.168. The van der Waals surface area contributed by atoms with Crippen molar-refractivity contribution in [3.8, 4) is 11.6 Å². The molecule has 1 aliphatic heterocycles. The van der Waals surface area contributed by atoms with Gasteiger partial charge in [-0.15, -0.1) is 0 Å². The van der Waals surface area contributed by atoms with E-state index in [1.807, 2.05) is 0 Å². The average molecular weight is 358 g/mol. The third-order valence-corrected chi connectivity index (χ3v) is 4.55. The number of anilines is 1. The molecule has 1 aliphatic rings. The molecule has 0 radical (unpaired) electrons. The molecular weight excluding hydrogens is 332 g/mol. The van der Waals surface area contributed by atoms with Crippen LogP contribution < -0.4 is 10.6 Å². The fraction of sp³-hybridized carbons (Fsp3) is 0.556. The summed E-state index contributed by atoms with van der Waals surface area (Å²) in [6, 6.07) is 3.28. The van der Waals surface area contributed by atoms with Gasteiger partial charge in [0.15, 0.2) is 5.82 Å². The fourth-order valence-corrected chi connectivity index (χ4v) is 3.02. The molecule has 2 aromatic heterocycles. The molecule has 8 nitrogen and oxygen atoms in total. The first-order valence-corrected chi connectivity index (χ1v) is 8.88. The molecule has 2 N–H and O–H groups in total. The van der Waals surface area contributed by atoms with Crippen LogP contribution in [0.15, 0.2) is 22.9 Å². The van der Waals surface area contributed by atoms with Crippen LogP contribution in [0.25, 0.3) is 11.6 Å². The lowest BCUT2D eigenvalue weighted by Crippen LogP contribution is -2.40. The molecule has 2 amide bonds. The van der Waals surface area contributed by atoms with E-state index in [-0.39, 0.29) is 11.6 Å². The first kappa shape index (κ1) is 18.3. The number of carbonyl (C=O) groups excluding carboxylic acids is 1. The van der Waals surface area contributed by atoms with E-state index in [1.165, 1.54) is 0 Å². The minimum Gasteiger partial charge on any atom is -0.338 e. The van der Waals surface area contributed by atoms with Crippen LogP contribution in [0.2, 0.25) is 0 Å². The van der Waals surface area contributed by atoms with Gasteiger partial charge in [-0.05, 0) is 58.7 Å². The van der Waals surface area contributed by atoms with E-state index in [0.717, 1.165) is 19.5 Å². The van der Waals surface area contributed by atoms with Gasteiger partial charge >= 0.3 is 6.03 Å². The van der Waals surface area contributed by atoms with Crippen molar-refractivity contribution in [1.29, 1.82) is 0 Å². The van der Waals surface area contributed by atoms with E-state index >= 15 is 0 Å². The third-order valence-electron chi connectivity index (χ3n) is 4.55. The van der Waals surface area contributed by atoms with Crippen LogP contribution >= 0.6 is 0 Å². The molecule has 26 heavy (non-hydrogen) atoms. The van der Waals surface area contributed by atoms with Gasteiger partial charge in [0.05, 0.1) is 11.9 Å². The lowest BCUT2D eigenvalue weighted by Gasteiger charge is -2.31. The van der Waals surface area contributed by atoms with Gasteiger partial charge in [-0.25, -0.2) is 9.78 Å². The summed E-state index contributed by atoms with van der Waals surface area (Å²) in [6.45, 7) is 11.2. The third kappa shape index (κ3) is 4.57. The molecule has 0 aromatic carbocycles. The van der Waals surface area contributed by atoms with Crippen molar-refractivity contribution in [2.75, 3.05) is 25.0 Å². The fourth-order valence-electron chi connectivity index (χ4n) is 3.02. The number of pyridine rings is 1. The van der Waals surface area contributed by atoms with E-state index in [0.29, 0.717) is 35.6 Å². The summed E-state index contributed by atoms with van der Waals surface area (Å²) in [5.41, 5.74) is 1.37. The zero-order valence-electron chi connectivity index (χ0n) is 15.7. The molecule has 1 unspecified atom stereocenters. The number of nitrogens with zero attached hydrogens (tertiary/aromatic N) is 4. The summed E-state index contributed by atoms with van der Waals surface area (Å²) in [7, 11) is 0. The second-order valence-corrected chi connectivity index (χ2v) is 7.69. The van der Waals surface area contributed by atoms with Crippen LogP contribution in [-0.2, 0) is 0 Å². The summed E-state index contributed by atoms with van der Waals surface area (Å²) < 4.78 is 5.07. The normalized spacial score (nSPS) is 18.1. The van der Waals surface area contributed by atoms with Crippen LogP contribution in [0.3, 0.4) is 0 Å². The van der Waals surface area contributed by atoms with Gasteiger partial charge in [0, 0.05) is 18.6 Å². The molecular formula is C18H26N6O2. The molecule has 1 saturated heterocycles. The van der Waals surface area contributed by atoms with Gasteiger partial charge in [0.25, 0.3) is 5.89 Å². The minimum atomic E-state index is -0.220. The number of aryl methyl sites for hydroxylation is 1. The van der Waals surface area contributed by atoms with Crippen LogP contribution in [0, 0.1) is 12.8 Å². The maximum Gasteiger partial charge on any atom is 0.319 e. The molecule has 1 fully saturated rings. The molecule has 0 aliphatic carbocycles. The predicted molar refractivity (Wildman–Crippen MR) is 98.7 cm³/mol. The molecule has 140 valence electrons. The van der Waals surface area contributed by atoms with Gasteiger partial charge in [-0.3, -0.25) is 4.90 Å². The number of amides is 2. The Labute approximate surface area is 153 Å². The number of likely N-dealkylation sites (tertiary alicyclic amines) is 1. The minimum absolute atomic E-state index is 0.182. The highest BCUT2D eigenvalue weighted by molar-refractivity contribution is 5.89. The van der Waals surface area contributed by atoms with Gasteiger partial charge in [-0.2, -0.15) is 4.98 Å². The van der Waals surface area contributed by atoms with Crippen molar-refractivity contribution in [1.82, 2.24) is 25.3 Å². The van der Waals surface area contributed by atoms with E-state index in [4.69, 9.17) is 4.52 Å². The SMILES string of the molecule is Cc1noc(-c2ccc(NC(=O)NCC3CCN(C(C)(C)C)C3)cn2)n1. The second kappa shape index (κ2) is 7.41. The highest BCUT2D eigenvalue weighted by Crippen LogP contribution is 2.24. The van der Waals surface area contributed by atoms with Gasteiger partial charge in [-0.1, -0.05) is 5.16 Å². The average Bonchev–Trinajstić information content (AvgIpc) is 3.22. The van der Waals surface area contributed by atoms with Gasteiger partial charge in [0.2, 0.25) is 0 Å². The van der Waals surface area contributed by atoms with E-state index in [2.05, 4.69) is 51.4 Å². The highest BCUT2D eigenvalue weighted by atomic mass is 16.5.